The van der Waals surface area contributed by atoms with Gasteiger partial charge in [-0.3, -0.25) is 0 Å². The Morgan fingerprint density at radius 1 is 1.18 bits per heavy atom. The molecule has 2 aromatic rings. The largest absolute Gasteiger partial charge is 0.478 e. The monoisotopic (exact) mass is 381 g/mol. The van der Waals surface area contributed by atoms with E-state index in [2.05, 4.69) is 4.90 Å². The van der Waals surface area contributed by atoms with Gasteiger partial charge in [0.15, 0.2) is 0 Å². The summed E-state index contributed by atoms with van der Waals surface area (Å²) < 4.78 is 0. The molecular weight excluding hydrogens is 350 g/mol. The number of aryl methyl sites for hydroxylation is 2. The highest BCUT2D eigenvalue weighted by molar-refractivity contribution is 5.87. The van der Waals surface area contributed by atoms with Gasteiger partial charge in [0.25, 0.3) is 0 Å². The van der Waals surface area contributed by atoms with Crippen molar-refractivity contribution in [3.8, 4) is 0 Å². The molecule has 0 spiro atoms. The number of benzene rings is 2. The van der Waals surface area contributed by atoms with Crippen LogP contribution in [0.1, 0.15) is 47.7 Å². The Morgan fingerprint density at radius 2 is 1.89 bits per heavy atom. The summed E-state index contributed by atoms with van der Waals surface area (Å²) in [7, 11) is 0. The zero-order chi connectivity index (χ0) is 19.7. The zero-order valence-corrected chi connectivity index (χ0v) is 16.5. The van der Waals surface area contributed by atoms with Crippen molar-refractivity contribution in [2.75, 3.05) is 19.6 Å². The molecular formula is C24H31NO3. The Morgan fingerprint density at radius 3 is 2.50 bits per heavy atom. The van der Waals surface area contributed by atoms with Crippen molar-refractivity contribution in [3.05, 3.63) is 70.8 Å². The molecule has 3 aliphatic heterocycles. The highest BCUT2D eigenvalue weighted by atomic mass is 16.4. The summed E-state index contributed by atoms with van der Waals surface area (Å²) in [4.78, 5) is 13.8. The quantitative estimate of drug-likeness (QED) is 0.791. The molecule has 0 radical (unpaired) electrons. The van der Waals surface area contributed by atoms with Crippen molar-refractivity contribution in [1.29, 1.82) is 0 Å². The normalized spacial score (nSPS) is 26.0. The average molecular weight is 382 g/mol. The lowest BCUT2D eigenvalue weighted by Gasteiger charge is -2.51. The predicted octanol–water partition coefficient (Wildman–Crippen LogP) is 4.10. The Hall–Kier alpha value is -2.17. The van der Waals surface area contributed by atoms with Gasteiger partial charge in [-0.2, -0.15) is 0 Å². The number of nitrogens with zero attached hydrogens (tertiary/aromatic N) is 1. The van der Waals surface area contributed by atoms with Crippen molar-refractivity contribution in [2.45, 2.75) is 38.2 Å². The summed E-state index contributed by atoms with van der Waals surface area (Å²) in [6, 6.07) is 15.3. The summed E-state index contributed by atoms with van der Waals surface area (Å²) in [5.74, 6) is -0.126. The highest BCUT2D eigenvalue weighted by Gasteiger charge is 2.47. The van der Waals surface area contributed by atoms with E-state index < -0.39 is 11.6 Å². The van der Waals surface area contributed by atoms with Crippen LogP contribution in [0.3, 0.4) is 0 Å². The van der Waals surface area contributed by atoms with Gasteiger partial charge in [-0.05, 0) is 80.4 Å². The van der Waals surface area contributed by atoms with Crippen LogP contribution in [-0.4, -0.2) is 40.7 Å². The summed E-state index contributed by atoms with van der Waals surface area (Å²) in [6.45, 7) is 5.25. The number of fused-ring (bicyclic) bond motifs is 3. The maximum Gasteiger partial charge on any atom is 0.335 e. The van der Waals surface area contributed by atoms with E-state index in [9.17, 15) is 15.0 Å². The van der Waals surface area contributed by atoms with Crippen LogP contribution in [0.15, 0.2) is 48.5 Å². The standard InChI is InChI=1S/C24H29NO3.H2/c1-17-7-8-20(23(26)27)15-19(17)9-12-24(28,21-5-3-2-4-6-21)22-16-25-13-10-18(22)11-14-25;/h2-8,15,18,22,28H,9-14,16H2,1H3,(H,26,27);1H. The molecule has 5 rings (SSSR count). The lowest BCUT2D eigenvalue weighted by molar-refractivity contribution is -0.106. The molecule has 3 aliphatic rings. The summed E-state index contributed by atoms with van der Waals surface area (Å²) >= 11 is 0. The number of aromatic carboxylic acids is 1. The minimum atomic E-state index is -0.906. The first kappa shape index (κ1) is 19.2. The van der Waals surface area contributed by atoms with Crippen molar-refractivity contribution in [1.82, 2.24) is 4.90 Å². The lowest BCUT2D eigenvalue weighted by atomic mass is 9.66. The maximum absolute atomic E-state index is 12.0. The van der Waals surface area contributed by atoms with Crippen LogP contribution in [0.5, 0.6) is 0 Å². The van der Waals surface area contributed by atoms with Crippen LogP contribution in [0.25, 0.3) is 0 Å². The average Bonchev–Trinajstić information content (AvgIpc) is 2.74. The fourth-order valence-electron chi connectivity index (χ4n) is 5.18. The van der Waals surface area contributed by atoms with Gasteiger partial charge in [0.1, 0.15) is 0 Å². The van der Waals surface area contributed by atoms with Crippen LogP contribution in [0.2, 0.25) is 0 Å². The SMILES string of the molecule is Cc1ccc(C(=O)O)cc1CCC(O)(c1ccccc1)C1CN2CCC1CC2.[HH]. The molecule has 0 aromatic heterocycles. The Balaban J connectivity index is 0.00000240. The third kappa shape index (κ3) is 3.59. The van der Waals surface area contributed by atoms with Crippen molar-refractivity contribution < 1.29 is 16.4 Å². The molecule has 3 heterocycles. The molecule has 2 unspecified atom stereocenters. The Labute approximate surface area is 168 Å². The van der Waals surface area contributed by atoms with Gasteiger partial charge in [-0.1, -0.05) is 36.4 Å². The molecule has 0 saturated carbocycles. The molecule has 0 aliphatic carbocycles. The zero-order valence-electron chi connectivity index (χ0n) is 16.5. The summed E-state index contributed by atoms with van der Waals surface area (Å²) in [6.07, 6.45) is 3.60. The van der Waals surface area contributed by atoms with Gasteiger partial charge < -0.3 is 15.1 Å². The lowest BCUT2D eigenvalue weighted by Crippen LogP contribution is -2.55. The van der Waals surface area contributed by atoms with E-state index in [4.69, 9.17) is 0 Å². The van der Waals surface area contributed by atoms with E-state index in [1.165, 1.54) is 0 Å². The third-order valence-electron chi connectivity index (χ3n) is 6.91. The highest BCUT2D eigenvalue weighted by Crippen LogP contribution is 2.45. The van der Waals surface area contributed by atoms with Crippen LogP contribution >= 0.6 is 0 Å². The fourth-order valence-corrected chi connectivity index (χ4v) is 5.18. The first-order valence-electron chi connectivity index (χ1n) is 10.3. The smallest absolute Gasteiger partial charge is 0.335 e. The number of hydrogen-bond donors (Lipinski definition) is 2. The van der Waals surface area contributed by atoms with E-state index in [0.29, 0.717) is 24.3 Å². The maximum atomic E-state index is 12.0. The molecule has 3 saturated heterocycles. The van der Waals surface area contributed by atoms with E-state index in [-0.39, 0.29) is 7.34 Å². The molecule has 150 valence electrons. The number of carboxylic acids is 1. The van der Waals surface area contributed by atoms with Crippen molar-refractivity contribution >= 4 is 5.97 Å². The van der Waals surface area contributed by atoms with Gasteiger partial charge in [0, 0.05) is 13.9 Å². The number of piperidine rings is 3. The molecule has 4 heteroatoms. The third-order valence-corrected chi connectivity index (χ3v) is 6.91. The molecule has 2 aromatic carbocycles. The van der Waals surface area contributed by atoms with E-state index in [0.717, 1.165) is 49.2 Å². The number of carboxylic acid groups (broad SMARTS) is 1. The molecule has 28 heavy (non-hydrogen) atoms. The topological polar surface area (TPSA) is 60.8 Å². The van der Waals surface area contributed by atoms with Gasteiger partial charge >= 0.3 is 5.97 Å². The van der Waals surface area contributed by atoms with Gasteiger partial charge in [-0.15, -0.1) is 0 Å². The van der Waals surface area contributed by atoms with Crippen LogP contribution in [-0.2, 0) is 12.0 Å². The number of rotatable bonds is 6. The first-order chi connectivity index (χ1) is 13.5. The number of hydrogen-bond acceptors (Lipinski definition) is 3. The van der Waals surface area contributed by atoms with Gasteiger partial charge in [0.2, 0.25) is 0 Å². The van der Waals surface area contributed by atoms with Gasteiger partial charge in [-0.25, -0.2) is 4.79 Å². The Bertz CT molecular complexity index is 848. The second-order valence-corrected chi connectivity index (χ2v) is 8.48. The second kappa shape index (κ2) is 7.69. The molecule has 3 fully saturated rings. The molecule has 2 N–H and O–H groups in total. The molecule has 2 bridgehead atoms. The second-order valence-electron chi connectivity index (χ2n) is 8.48. The van der Waals surface area contributed by atoms with Crippen molar-refractivity contribution in [3.63, 3.8) is 0 Å². The fraction of sp³-hybridized carbons (Fsp3) is 0.458. The van der Waals surface area contributed by atoms with Crippen molar-refractivity contribution in [2.24, 2.45) is 11.8 Å². The van der Waals surface area contributed by atoms with Gasteiger partial charge in [0.05, 0.1) is 11.2 Å². The van der Waals surface area contributed by atoms with E-state index >= 15 is 0 Å². The minimum absolute atomic E-state index is 0. The number of aliphatic hydroxyl groups is 1. The first-order valence-corrected chi connectivity index (χ1v) is 10.3. The van der Waals surface area contributed by atoms with Crippen LogP contribution in [0.4, 0.5) is 0 Å². The summed E-state index contributed by atoms with van der Waals surface area (Å²) in [5.41, 5.74) is 2.49. The Kier molecular flexibility index (Phi) is 5.26. The van der Waals surface area contributed by atoms with Crippen LogP contribution < -0.4 is 0 Å². The molecule has 2 atom stereocenters. The number of carbonyl (C=O) groups is 1. The van der Waals surface area contributed by atoms with E-state index in [1.54, 1.807) is 12.1 Å². The van der Waals surface area contributed by atoms with E-state index in [1.807, 2.05) is 43.3 Å². The van der Waals surface area contributed by atoms with Crippen LogP contribution in [0, 0.1) is 18.8 Å². The minimum Gasteiger partial charge on any atom is -0.478 e. The predicted molar refractivity (Wildman–Crippen MR) is 112 cm³/mol. The molecule has 0 amide bonds. The summed E-state index contributed by atoms with van der Waals surface area (Å²) in [5, 5.41) is 21.3. The molecule has 4 nitrogen and oxygen atoms in total.